The predicted octanol–water partition coefficient (Wildman–Crippen LogP) is 18.9. The Kier molecular flexibility index (Phi) is 52.9. The monoisotopic (exact) mass is 945 g/mol. The van der Waals surface area contributed by atoms with Crippen LogP contribution in [0.4, 0.5) is 0 Å². The lowest BCUT2D eigenvalue weighted by Gasteiger charge is -2.18. The lowest BCUT2D eigenvalue weighted by molar-refractivity contribution is -0.167. The molecule has 0 rings (SSSR count). The number of ether oxygens (including phenoxy) is 3. The summed E-state index contributed by atoms with van der Waals surface area (Å²) >= 11 is 0. The van der Waals surface area contributed by atoms with Crippen LogP contribution in [0.1, 0.15) is 258 Å². The van der Waals surface area contributed by atoms with Crippen LogP contribution in [0.15, 0.2) is 97.2 Å². The molecule has 388 valence electrons. The molecule has 0 aromatic carbocycles. The Hall–Kier alpha value is -3.67. The molecule has 0 saturated carbocycles. The summed E-state index contributed by atoms with van der Waals surface area (Å²) < 4.78 is 16.8. The number of carbonyl (C=O) groups excluding carboxylic acids is 3. The first kappa shape index (κ1) is 64.3. The summed E-state index contributed by atoms with van der Waals surface area (Å²) in [5, 5.41) is 0. The molecule has 0 bridgehead atoms. The summed E-state index contributed by atoms with van der Waals surface area (Å²) in [6, 6.07) is 0. The average molecular weight is 946 g/mol. The average Bonchev–Trinajstić information content (AvgIpc) is 3.34. The molecule has 0 fully saturated rings. The van der Waals surface area contributed by atoms with Crippen molar-refractivity contribution in [1.82, 2.24) is 0 Å². The van der Waals surface area contributed by atoms with Crippen molar-refractivity contribution < 1.29 is 28.6 Å². The Morgan fingerprint density at radius 3 is 0.897 bits per heavy atom. The van der Waals surface area contributed by atoms with Gasteiger partial charge in [-0.25, -0.2) is 0 Å². The van der Waals surface area contributed by atoms with Gasteiger partial charge in [0, 0.05) is 19.3 Å². The van der Waals surface area contributed by atoms with Crippen molar-refractivity contribution in [2.24, 2.45) is 0 Å². The number of allylic oxidation sites excluding steroid dienone is 16. The maximum absolute atomic E-state index is 12.8. The van der Waals surface area contributed by atoms with Gasteiger partial charge >= 0.3 is 17.9 Å². The van der Waals surface area contributed by atoms with Crippen molar-refractivity contribution in [1.29, 1.82) is 0 Å². The second-order valence-corrected chi connectivity index (χ2v) is 18.4. The fraction of sp³-hybridized carbons (Fsp3) is 0.694. The quantitative estimate of drug-likeness (QED) is 0.0262. The topological polar surface area (TPSA) is 78.9 Å². The molecule has 0 aliphatic rings. The summed E-state index contributed by atoms with van der Waals surface area (Å²) in [5.41, 5.74) is 0. The van der Waals surface area contributed by atoms with E-state index in [1.807, 2.05) is 0 Å². The Labute approximate surface area is 419 Å². The van der Waals surface area contributed by atoms with E-state index in [9.17, 15) is 14.4 Å². The molecule has 68 heavy (non-hydrogen) atoms. The van der Waals surface area contributed by atoms with Crippen LogP contribution in [0.2, 0.25) is 0 Å². The molecule has 0 aromatic rings. The van der Waals surface area contributed by atoms with Gasteiger partial charge in [-0.1, -0.05) is 240 Å². The van der Waals surface area contributed by atoms with Gasteiger partial charge in [-0.15, -0.1) is 0 Å². The number of hydrogen-bond acceptors (Lipinski definition) is 6. The third-order valence-electron chi connectivity index (χ3n) is 11.8. The zero-order valence-corrected chi connectivity index (χ0v) is 44.3. The second kappa shape index (κ2) is 55.9. The Bertz CT molecular complexity index is 1360. The third-order valence-corrected chi connectivity index (χ3v) is 11.8. The summed E-state index contributed by atoms with van der Waals surface area (Å²) in [7, 11) is 0. The van der Waals surface area contributed by atoms with Crippen LogP contribution in [0.5, 0.6) is 0 Å². The van der Waals surface area contributed by atoms with E-state index < -0.39 is 6.10 Å². The summed E-state index contributed by atoms with van der Waals surface area (Å²) in [6.45, 7) is 6.37. The molecule has 0 N–H and O–H groups in total. The minimum atomic E-state index is -0.807. The minimum Gasteiger partial charge on any atom is -0.462 e. The SMILES string of the molecule is CC/C=C\C/C=C\C/C=C\C/C=C\CCCCCC(=O)OCC(COC(=O)CCCCCCCCCCCCCCCCCCCC)OC(=O)CCCCC/C=C\C/C=C\C/C=C\C/C=C\CC. The third kappa shape index (κ3) is 53.3. The van der Waals surface area contributed by atoms with Crippen LogP contribution in [-0.4, -0.2) is 37.2 Å². The minimum absolute atomic E-state index is 0.0996. The van der Waals surface area contributed by atoms with E-state index in [1.165, 1.54) is 96.3 Å². The van der Waals surface area contributed by atoms with Gasteiger partial charge in [0.15, 0.2) is 6.10 Å². The molecule has 0 saturated heterocycles. The van der Waals surface area contributed by atoms with E-state index in [-0.39, 0.29) is 37.5 Å². The molecule has 0 spiro atoms. The Balaban J connectivity index is 4.47. The highest BCUT2D eigenvalue weighted by Crippen LogP contribution is 2.16. The smallest absolute Gasteiger partial charge is 0.306 e. The van der Waals surface area contributed by atoms with Crippen molar-refractivity contribution in [3.05, 3.63) is 97.2 Å². The van der Waals surface area contributed by atoms with Crippen LogP contribution in [0, 0.1) is 0 Å². The van der Waals surface area contributed by atoms with Gasteiger partial charge in [-0.2, -0.15) is 0 Å². The van der Waals surface area contributed by atoms with Crippen LogP contribution in [0.25, 0.3) is 0 Å². The van der Waals surface area contributed by atoms with Crippen molar-refractivity contribution in [3.63, 3.8) is 0 Å². The molecule has 0 amide bonds. The van der Waals surface area contributed by atoms with E-state index in [0.717, 1.165) is 122 Å². The number of hydrogen-bond donors (Lipinski definition) is 0. The maximum Gasteiger partial charge on any atom is 0.306 e. The molecule has 1 atom stereocenters. The molecule has 0 aliphatic carbocycles. The van der Waals surface area contributed by atoms with Gasteiger partial charge in [0.25, 0.3) is 0 Å². The van der Waals surface area contributed by atoms with Gasteiger partial charge in [0.05, 0.1) is 0 Å². The lowest BCUT2D eigenvalue weighted by atomic mass is 10.0. The molecule has 1 unspecified atom stereocenters. The molecule has 0 aromatic heterocycles. The maximum atomic E-state index is 12.8. The summed E-state index contributed by atoms with van der Waals surface area (Å²) in [6.07, 6.45) is 74.0. The van der Waals surface area contributed by atoms with E-state index in [4.69, 9.17) is 14.2 Å². The lowest BCUT2D eigenvalue weighted by Crippen LogP contribution is -2.30. The van der Waals surface area contributed by atoms with Gasteiger partial charge < -0.3 is 14.2 Å². The van der Waals surface area contributed by atoms with Gasteiger partial charge in [0.2, 0.25) is 0 Å². The van der Waals surface area contributed by atoms with Crippen molar-refractivity contribution >= 4 is 17.9 Å². The van der Waals surface area contributed by atoms with E-state index in [2.05, 4.69) is 118 Å². The van der Waals surface area contributed by atoms with Crippen molar-refractivity contribution in [2.75, 3.05) is 13.2 Å². The van der Waals surface area contributed by atoms with Crippen LogP contribution < -0.4 is 0 Å². The number of unbranched alkanes of at least 4 members (excludes halogenated alkanes) is 23. The predicted molar refractivity (Wildman–Crippen MR) is 293 cm³/mol. The number of carbonyl (C=O) groups is 3. The first-order valence-corrected chi connectivity index (χ1v) is 28.2. The standard InChI is InChI=1S/C62H104O6/c1-4-7-10-13-16-19-22-25-28-31-32-35-37-40-43-46-49-52-55-61(64)67-58-59(68-62(65)56-53-50-47-44-41-38-34-30-27-24-21-18-15-12-9-6-3)57-66-60(63)54-51-48-45-42-39-36-33-29-26-23-20-17-14-11-8-5-2/h8-9,11-12,17-18,20-21,26-27,29-30,36,38-39,41,59H,4-7,10,13-16,19,22-25,28,31-35,37,40,42-58H2,1-3H3/b11-8-,12-9-,20-17-,21-18-,29-26-,30-27-,39-36-,41-38-. The number of esters is 3. The molecular weight excluding hydrogens is 841 g/mol. The van der Waals surface area contributed by atoms with Gasteiger partial charge in [0.1, 0.15) is 13.2 Å². The Morgan fingerprint density at radius 1 is 0.309 bits per heavy atom. The van der Waals surface area contributed by atoms with Gasteiger partial charge in [-0.3, -0.25) is 14.4 Å². The fourth-order valence-electron chi connectivity index (χ4n) is 7.66. The molecule has 0 heterocycles. The zero-order chi connectivity index (χ0) is 49.3. The summed E-state index contributed by atoms with van der Waals surface area (Å²) in [5.74, 6) is -0.960. The first-order chi connectivity index (χ1) is 33.5. The molecule has 0 aliphatic heterocycles. The van der Waals surface area contributed by atoms with E-state index in [1.54, 1.807) is 0 Å². The highest BCUT2D eigenvalue weighted by molar-refractivity contribution is 5.71. The summed E-state index contributed by atoms with van der Waals surface area (Å²) in [4.78, 5) is 38.1. The van der Waals surface area contributed by atoms with E-state index in [0.29, 0.717) is 12.8 Å². The zero-order valence-electron chi connectivity index (χ0n) is 44.3. The molecular formula is C62H104O6. The van der Waals surface area contributed by atoms with Crippen LogP contribution in [-0.2, 0) is 28.6 Å². The first-order valence-electron chi connectivity index (χ1n) is 28.2. The largest absolute Gasteiger partial charge is 0.462 e. The second-order valence-electron chi connectivity index (χ2n) is 18.4. The van der Waals surface area contributed by atoms with Crippen LogP contribution in [0.3, 0.4) is 0 Å². The Morgan fingerprint density at radius 2 is 0.574 bits per heavy atom. The molecule has 6 heteroatoms. The van der Waals surface area contributed by atoms with E-state index >= 15 is 0 Å². The highest BCUT2D eigenvalue weighted by Gasteiger charge is 2.19. The molecule has 0 radical (unpaired) electrons. The van der Waals surface area contributed by atoms with Crippen LogP contribution >= 0.6 is 0 Å². The number of rotatable bonds is 50. The van der Waals surface area contributed by atoms with Gasteiger partial charge in [-0.05, 0) is 96.3 Å². The fourth-order valence-corrected chi connectivity index (χ4v) is 7.66. The highest BCUT2D eigenvalue weighted by atomic mass is 16.6. The normalized spacial score (nSPS) is 12.8. The van der Waals surface area contributed by atoms with Crippen molar-refractivity contribution in [2.45, 2.75) is 264 Å². The molecule has 6 nitrogen and oxygen atoms in total. The van der Waals surface area contributed by atoms with Crippen molar-refractivity contribution in [3.8, 4) is 0 Å².